The van der Waals surface area contributed by atoms with Crippen molar-refractivity contribution >= 4 is 18.1 Å². The molecule has 3 atom stereocenters. The van der Waals surface area contributed by atoms with E-state index in [1.54, 1.807) is 20.8 Å². The number of rotatable bonds is 4. The Balaban J connectivity index is 2.68. The van der Waals surface area contributed by atoms with E-state index >= 15 is 0 Å². The lowest BCUT2D eigenvalue weighted by molar-refractivity contribution is -0.190. The van der Waals surface area contributed by atoms with Gasteiger partial charge in [-0.05, 0) is 32.9 Å². The SMILES string of the molecule is CC(=O)OC[C@H]1OC(OC(=O)OC(C)(C)C)C=C[C@H]1OC(C)=O. The fourth-order valence-corrected chi connectivity index (χ4v) is 1.70. The molecule has 1 aliphatic rings. The van der Waals surface area contributed by atoms with Gasteiger partial charge in [0.05, 0.1) is 0 Å². The van der Waals surface area contributed by atoms with Crippen molar-refractivity contribution in [2.75, 3.05) is 6.61 Å². The fraction of sp³-hybridized carbons (Fsp3) is 0.667. The molecule has 1 rings (SSSR count). The van der Waals surface area contributed by atoms with Gasteiger partial charge >= 0.3 is 18.1 Å². The first-order chi connectivity index (χ1) is 10.6. The Morgan fingerprint density at radius 2 is 1.70 bits per heavy atom. The summed E-state index contributed by atoms with van der Waals surface area (Å²) < 4.78 is 25.4. The molecule has 0 radical (unpaired) electrons. The van der Waals surface area contributed by atoms with Crippen LogP contribution in [0.4, 0.5) is 4.79 Å². The van der Waals surface area contributed by atoms with Crippen molar-refractivity contribution in [3.8, 4) is 0 Å². The van der Waals surface area contributed by atoms with E-state index in [9.17, 15) is 14.4 Å². The van der Waals surface area contributed by atoms with Gasteiger partial charge in [-0.25, -0.2) is 4.79 Å². The highest BCUT2D eigenvalue weighted by Gasteiger charge is 2.33. The Labute approximate surface area is 134 Å². The first kappa shape index (κ1) is 19.0. The van der Waals surface area contributed by atoms with Crippen molar-refractivity contribution in [3.63, 3.8) is 0 Å². The summed E-state index contributed by atoms with van der Waals surface area (Å²) in [5.74, 6) is -1.02. The molecule has 0 aromatic rings. The molecule has 0 aromatic carbocycles. The first-order valence-electron chi connectivity index (χ1n) is 7.11. The van der Waals surface area contributed by atoms with Gasteiger partial charge in [0.15, 0.2) is 0 Å². The van der Waals surface area contributed by atoms with Gasteiger partial charge in [0.25, 0.3) is 0 Å². The summed E-state index contributed by atoms with van der Waals surface area (Å²) in [6.45, 7) is 7.45. The average molecular weight is 330 g/mol. The molecular formula is C15H22O8. The Bertz CT molecular complexity index is 476. The lowest BCUT2D eigenvalue weighted by atomic mass is 10.1. The largest absolute Gasteiger partial charge is 0.511 e. The molecule has 8 heteroatoms. The van der Waals surface area contributed by atoms with E-state index < -0.39 is 42.2 Å². The van der Waals surface area contributed by atoms with E-state index in [0.717, 1.165) is 0 Å². The van der Waals surface area contributed by atoms with E-state index in [-0.39, 0.29) is 6.61 Å². The third kappa shape index (κ3) is 7.64. The molecule has 0 amide bonds. The standard InChI is InChI=1S/C15H22O8/c1-9(16)19-8-12-11(20-10(2)17)6-7-13(21-12)22-14(18)23-15(3,4)5/h6-7,11-13H,8H2,1-5H3/t11-,12-,13?/m1/s1. The minimum Gasteiger partial charge on any atom is -0.463 e. The minimum absolute atomic E-state index is 0.147. The van der Waals surface area contributed by atoms with Gasteiger partial charge in [-0.1, -0.05) is 0 Å². The summed E-state index contributed by atoms with van der Waals surface area (Å²) in [4.78, 5) is 33.6. The topological polar surface area (TPSA) is 97.4 Å². The molecule has 0 saturated carbocycles. The second kappa shape index (κ2) is 7.96. The van der Waals surface area contributed by atoms with Crippen LogP contribution < -0.4 is 0 Å². The van der Waals surface area contributed by atoms with Gasteiger partial charge in [-0.2, -0.15) is 0 Å². The van der Waals surface area contributed by atoms with Crippen LogP contribution in [0.3, 0.4) is 0 Å². The Morgan fingerprint density at radius 3 is 2.22 bits per heavy atom. The Hall–Kier alpha value is -2.09. The maximum atomic E-state index is 11.6. The molecule has 23 heavy (non-hydrogen) atoms. The summed E-state index contributed by atoms with van der Waals surface area (Å²) in [7, 11) is 0. The van der Waals surface area contributed by atoms with Crippen LogP contribution in [0.25, 0.3) is 0 Å². The van der Waals surface area contributed by atoms with Crippen molar-refractivity contribution in [3.05, 3.63) is 12.2 Å². The number of carbonyl (C=O) groups is 3. The quantitative estimate of drug-likeness (QED) is 0.436. The molecule has 0 bridgehead atoms. The molecular weight excluding hydrogens is 308 g/mol. The van der Waals surface area contributed by atoms with E-state index in [0.29, 0.717) is 0 Å². The Morgan fingerprint density at radius 1 is 1.04 bits per heavy atom. The van der Waals surface area contributed by atoms with Crippen LogP contribution >= 0.6 is 0 Å². The summed E-state index contributed by atoms with van der Waals surface area (Å²) in [5, 5.41) is 0. The minimum atomic E-state index is -1.03. The van der Waals surface area contributed by atoms with Crippen LogP contribution in [0.15, 0.2) is 12.2 Å². The first-order valence-corrected chi connectivity index (χ1v) is 7.11. The second-order valence-corrected chi connectivity index (χ2v) is 5.89. The van der Waals surface area contributed by atoms with Crippen molar-refractivity contribution in [1.29, 1.82) is 0 Å². The van der Waals surface area contributed by atoms with Gasteiger partial charge in [0.2, 0.25) is 6.29 Å². The van der Waals surface area contributed by atoms with Gasteiger partial charge in [-0.3, -0.25) is 9.59 Å². The molecule has 0 saturated heterocycles. The number of ether oxygens (including phenoxy) is 5. The third-order valence-electron chi connectivity index (χ3n) is 2.49. The monoisotopic (exact) mass is 330 g/mol. The predicted molar refractivity (Wildman–Crippen MR) is 77.3 cm³/mol. The molecule has 0 aromatic heterocycles. The zero-order valence-corrected chi connectivity index (χ0v) is 13.9. The lowest BCUT2D eigenvalue weighted by Gasteiger charge is -2.31. The van der Waals surface area contributed by atoms with E-state index in [4.69, 9.17) is 23.7 Å². The molecule has 0 N–H and O–H groups in total. The highest BCUT2D eigenvalue weighted by Crippen LogP contribution is 2.19. The maximum Gasteiger partial charge on any atom is 0.511 e. The third-order valence-corrected chi connectivity index (χ3v) is 2.49. The summed E-state index contributed by atoms with van der Waals surface area (Å²) >= 11 is 0. The molecule has 0 spiro atoms. The zero-order chi connectivity index (χ0) is 17.6. The maximum absolute atomic E-state index is 11.6. The second-order valence-electron chi connectivity index (χ2n) is 5.89. The van der Waals surface area contributed by atoms with Gasteiger partial charge in [0.1, 0.15) is 24.4 Å². The van der Waals surface area contributed by atoms with Gasteiger partial charge in [-0.15, -0.1) is 0 Å². The molecule has 8 nitrogen and oxygen atoms in total. The van der Waals surface area contributed by atoms with Crippen molar-refractivity contribution in [2.45, 2.75) is 58.7 Å². The summed E-state index contributed by atoms with van der Waals surface area (Å²) in [6.07, 6.45) is -0.539. The fourth-order valence-electron chi connectivity index (χ4n) is 1.70. The van der Waals surface area contributed by atoms with Crippen molar-refractivity contribution in [1.82, 2.24) is 0 Å². The smallest absolute Gasteiger partial charge is 0.463 e. The van der Waals surface area contributed by atoms with Gasteiger partial charge in [0, 0.05) is 13.8 Å². The van der Waals surface area contributed by atoms with Crippen LogP contribution in [0.2, 0.25) is 0 Å². The van der Waals surface area contributed by atoms with Crippen LogP contribution in [-0.2, 0) is 33.3 Å². The lowest BCUT2D eigenvalue weighted by Crippen LogP contribution is -2.43. The molecule has 0 aliphatic carbocycles. The highest BCUT2D eigenvalue weighted by molar-refractivity contribution is 5.67. The van der Waals surface area contributed by atoms with Crippen LogP contribution in [-0.4, -0.2) is 48.8 Å². The molecule has 1 heterocycles. The number of hydrogen-bond acceptors (Lipinski definition) is 8. The molecule has 1 unspecified atom stereocenters. The molecule has 1 aliphatic heterocycles. The van der Waals surface area contributed by atoms with Crippen molar-refractivity contribution < 1.29 is 38.1 Å². The zero-order valence-electron chi connectivity index (χ0n) is 13.9. The number of carbonyl (C=O) groups excluding carboxylic acids is 3. The number of hydrogen-bond donors (Lipinski definition) is 0. The average Bonchev–Trinajstić information content (AvgIpc) is 2.35. The molecule has 130 valence electrons. The van der Waals surface area contributed by atoms with E-state index in [1.165, 1.54) is 26.0 Å². The van der Waals surface area contributed by atoms with E-state index in [2.05, 4.69) is 0 Å². The van der Waals surface area contributed by atoms with Crippen LogP contribution in [0.1, 0.15) is 34.6 Å². The highest BCUT2D eigenvalue weighted by atomic mass is 16.8. The summed E-state index contributed by atoms with van der Waals surface area (Å²) in [5.41, 5.74) is -0.702. The Kier molecular flexibility index (Phi) is 6.56. The molecule has 0 fully saturated rings. The van der Waals surface area contributed by atoms with Gasteiger partial charge < -0.3 is 23.7 Å². The predicted octanol–water partition coefficient (Wildman–Crippen LogP) is 1.71. The van der Waals surface area contributed by atoms with Crippen molar-refractivity contribution in [2.24, 2.45) is 0 Å². The van der Waals surface area contributed by atoms with Crippen LogP contribution in [0, 0.1) is 0 Å². The summed E-state index contributed by atoms with van der Waals surface area (Å²) in [6, 6.07) is 0. The van der Waals surface area contributed by atoms with E-state index in [1.807, 2.05) is 0 Å². The van der Waals surface area contributed by atoms with Crippen LogP contribution in [0.5, 0.6) is 0 Å². The normalized spacial score (nSPS) is 23.8. The number of esters is 2.